The van der Waals surface area contributed by atoms with Gasteiger partial charge in [-0.1, -0.05) is 6.92 Å². The van der Waals surface area contributed by atoms with Gasteiger partial charge in [0.2, 0.25) is 11.8 Å². The Balaban J connectivity index is 0. The first-order chi connectivity index (χ1) is 10.9. The molecule has 24 heavy (non-hydrogen) atoms. The molecule has 0 saturated carbocycles. The molecule has 0 saturated heterocycles. The van der Waals surface area contributed by atoms with Gasteiger partial charge in [0.15, 0.2) is 0 Å². The van der Waals surface area contributed by atoms with Gasteiger partial charge in [-0.15, -0.1) is 0 Å². The van der Waals surface area contributed by atoms with Gasteiger partial charge in [0, 0.05) is 30.6 Å². The van der Waals surface area contributed by atoms with E-state index in [0.717, 1.165) is 0 Å². The molecule has 0 fully saturated rings. The number of hydrogen-bond donors (Lipinski definition) is 1. The van der Waals surface area contributed by atoms with Crippen LogP contribution in [0.5, 0.6) is 0 Å². The van der Waals surface area contributed by atoms with E-state index in [9.17, 15) is 14.4 Å². The second-order valence-electron chi connectivity index (χ2n) is 6.90. The molecule has 0 rings (SSSR count). The Morgan fingerprint density at radius 3 is 1.17 bits per heavy atom. The smallest absolute Gasteiger partial charge is 0.312 e. The van der Waals surface area contributed by atoms with Gasteiger partial charge in [0.05, 0.1) is 0 Å². The summed E-state index contributed by atoms with van der Waals surface area (Å²) in [4.78, 5) is 36.5. The molecule has 0 spiro atoms. The lowest BCUT2D eigenvalue weighted by Crippen LogP contribution is -2.42. The summed E-state index contributed by atoms with van der Waals surface area (Å²) in [6, 6.07) is 0.739. The zero-order chi connectivity index (χ0) is 19.6. The standard InChI is InChI=1S/C9H17NO3.C9H19NO/c1-6(2)10(7(3)4)8(11)5-9(12)13;1-6-9(11)10(7(2)3)8(4)5/h6-7H,5H2,1-4H3,(H,12,13);7-8H,6H2,1-5H3. The molecule has 0 aromatic heterocycles. The normalized spacial score (nSPS) is 10.7. The maximum Gasteiger partial charge on any atom is 0.312 e. The van der Waals surface area contributed by atoms with Crippen molar-refractivity contribution in [3.05, 3.63) is 0 Å². The number of carbonyl (C=O) groups excluding carboxylic acids is 2. The summed E-state index contributed by atoms with van der Waals surface area (Å²) >= 11 is 0. The molecular weight excluding hydrogens is 308 g/mol. The molecule has 2 amide bonds. The van der Waals surface area contributed by atoms with Crippen LogP contribution in [0.25, 0.3) is 0 Å². The van der Waals surface area contributed by atoms with E-state index in [2.05, 4.69) is 0 Å². The Labute approximate surface area is 147 Å². The third-order valence-electron chi connectivity index (χ3n) is 3.41. The molecule has 0 aliphatic carbocycles. The van der Waals surface area contributed by atoms with Gasteiger partial charge in [-0.2, -0.15) is 0 Å². The van der Waals surface area contributed by atoms with E-state index in [1.165, 1.54) is 0 Å². The third-order valence-corrected chi connectivity index (χ3v) is 3.41. The van der Waals surface area contributed by atoms with Crippen LogP contribution in [-0.4, -0.2) is 56.9 Å². The van der Waals surface area contributed by atoms with Crippen molar-refractivity contribution in [2.75, 3.05) is 0 Å². The van der Waals surface area contributed by atoms with Crippen LogP contribution in [0.4, 0.5) is 0 Å². The fourth-order valence-electron chi connectivity index (χ4n) is 2.75. The minimum absolute atomic E-state index is 0.0480. The highest BCUT2D eigenvalue weighted by Crippen LogP contribution is 2.07. The second-order valence-corrected chi connectivity index (χ2v) is 6.90. The van der Waals surface area contributed by atoms with E-state index in [1.54, 1.807) is 4.90 Å². The summed E-state index contributed by atoms with van der Waals surface area (Å²) in [6.45, 7) is 17.6. The summed E-state index contributed by atoms with van der Waals surface area (Å²) < 4.78 is 0. The van der Waals surface area contributed by atoms with Crippen LogP contribution >= 0.6 is 0 Å². The van der Waals surface area contributed by atoms with E-state index < -0.39 is 12.4 Å². The van der Waals surface area contributed by atoms with Gasteiger partial charge in [0.1, 0.15) is 6.42 Å². The van der Waals surface area contributed by atoms with Gasteiger partial charge in [-0.05, 0) is 55.4 Å². The molecule has 6 nitrogen and oxygen atoms in total. The summed E-state index contributed by atoms with van der Waals surface area (Å²) in [6.07, 6.45) is 0.187. The number of carboxylic acids is 1. The summed E-state index contributed by atoms with van der Waals surface area (Å²) in [5, 5.41) is 8.45. The number of carbonyl (C=O) groups is 3. The number of carboxylic acid groups (broad SMARTS) is 1. The van der Waals surface area contributed by atoms with Gasteiger partial charge in [0.25, 0.3) is 0 Å². The van der Waals surface area contributed by atoms with E-state index >= 15 is 0 Å². The quantitative estimate of drug-likeness (QED) is 0.720. The Kier molecular flexibility index (Phi) is 12.2. The second kappa shape index (κ2) is 11.9. The molecule has 0 aromatic rings. The van der Waals surface area contributed by atoms with Gasteiger partial charge >= 0.3 is 5.97 Å². The molecule has 6 heteroatoms. The first-order valence-electron chi connectivity index (χ1n) is 8.70. The summed E-state index contributed by atoms with van der Waals surface area (Å²) in [5.74, 6) is -1.15. The molecule has 1 N–H and O–H groups in total. The monoisotopic (exact) mass is 344 g/mol. The highest BCUT2D eigenvalue weighted by Gasteiger charge is 2.21. The van der Waals surface area contributed by atoms with Crippen LogP contribution in [0.2, 0.25) is 0 Å². The highest BCUT2D eigenvalue weighted by atomic mass is 16.4. The van der Waals surface area contributed by atoms with Gasteiger partial charge < -0.3 is 14.9 Å². The van der Waals surface area contributed by atoms with E-state index in [0.29, 0.717) is 18.5 Å². The van der Waals surface area contributed by atoms with Crippen molar-refractivity contribution >= 4 is 17.8 Å². The van der Waals surface area contributed by atoms with Crippen molar-refractivity contribution in [1.82, 2.24) is 9.80 Å². The van der Waals surface area contributed by atoms with Crippen molar-refractivity contribution in [2.24, 2.45) is 0 Å². The van der Waals surface area contributed by atoms with Crippen molar-refractivity contribution in [2.45, 2.75) is 99.3 Å². The largest absolute Gasteiger partial charge is 0.481 e. The highest BCUT2D eigenvalue weighted by molar-refractivity contribution is 5.93. The van der Waals surface area contributed by atoms with E-state index in [-0.39, 0.29) is 23.9 Å². The minimum Gasteiger partial charge on any atom is -0.481 e. The number of amides is 2. The first-order valence-corrected chi connectivity index (χ1v) is 8.70. The van der Waals surface area contributed by atoms with Crippen LogP contribution in [-0.2, 0) is 14.4 Å². The molecule has 0 heterocycles. The predicted molar refractivity (Wildman–Crippen MR) is 96.8 cm³/mol. The molecular formula is C18H36N2O4. The van der Waals surface area contributed by atoms with Gasteiger partial charge in [-0.3, -0.25) is 14.4 Å². The van der Waals surface area contributed by atoms with Crippen LogP contribution in [0.1, 0.15) is 75.2 Å². The number of aliphatic carboxylic acids is 1. The fourth-order valence-corrected chi connectivity index (χ4v) is 2.75. The first kappa shape index (κ1) is 24.7. The maximum absolute atomic E-state index is 11.4. The van der Waals surface area contributed by atoms with Crippen LogP contribution in [0.15, 0.2) is 0 Å². The van der Waals surface area contributed by atoms with Crippen molar-refractivity contribution in [3.63, 3.8) is 0 Å². The Morgan fingerprint density at radius 2 is 1.00 bits per heavy atom. The SMILES string of the molecule is CC(C)N(C(=O)CC(=O)O)C(C)C.CCC(=O)N(C(C)C)C(C)C. The van der Waals surface area contributed by atoms with Crippen LogP contribution < -0.4 is 0 Å². The third kappa shape index (κ3) is 9.53. The van der Waals surface area contributed by atoms with Gasteiger partial charge in [-0.25, -0.2) is 0 Å². The Bertz CT molecular complexity index is 388. The van der Waals surface area contributed by atoms with Crippen molar-refractivity contribution in [1.29, 1.82) is 0 Å². The molecule has 0 aliphatic heterocycles. The van der Waals surface area contributed by atoms with E-state index in [4.69, 9.17) is 5.11 Å². The molecule has 0 atom stereocenters. The Morgan fingerprint density at radius 1 is 0.708 bits per heavy atom. The minimum atomic E-state index is -1.07. The molecule has 0 bridgehead atoms. The zero-order valence-electron chi connectivity index (χ0n) is 16.8. The molecule has 0 aromatic carbocycles. The predicted octanol–water partition coefficient (Wildman–Crippen LogP) is 3.15. The molecule has 0 radical (unpaired) electrons. The zero-order valence-corrected chi connectivity index (χ0v) is 16.8. The number of nitrogens with zero attached hydrogens (tertiary/aromatic N) is 2. The topological polar surface area (TPSA) is 77.9 Å². The van der Waals surface area contributed by atoms with Crippen molar-refractivity contribution in [3.8, 4) is 0 Å². The van der Waals surface area contributed by atoms with Crippen LogP contribution in [0.3, 0.4) is 0 Å². The molecule has 0 aliphatic rings. The van der Waals surface area contributed by atoms with E-state index in [1.807, 2.05) is 67.2 Å². The lowest BCUT2D eigenvalue weighted by molar-refractivity contribution is -0.146. The van der Waals surface area contributed by atoms with Crippen molar-refractivity contribution < 1.29 is 19.5 Å². The average molecular weight is 344 g/mol. The Hall–Kier alpha value is -1.59. The molecule has 0 unspecified atom stereocenters. The van der Waals surface area contributed by atoms with Crippen LogP contribution in [0, 0.1) is 0 Å². The number of rotatable bonds is 7. The lowest BCUT2D eigenvalue weighted by atomic mass is 10.2. The summed E-state index contributed by atoms with van der Waals surface area (Å²) in [5.41, 5.74) is 0. The summed E-state index contributed by atoms with van der Waals surface area (Å²) in [7, 11) is 0. The average Bonchev–Trinajstić information content (AvgIpc) is 2.36. The molecule has 142 valence electrons. The fraction of sp³-hybridized carbons (Fsp3) is 0.833. The number of hydrogen-bond acceptors (Lipinski definition) is 3. The lowest BCUT2D eigenvalue weighted by Gasteiger charge is -2.30. The maximum atomic E-state index is 11.4.